The maximum Gasteiger partial charge on any atom is 0.341 e. The summed E-state index contributed by atoms with van der Waals surface area (Å²) in [5.74, 6) is -0.268. The Balaban J connectivity index is 1.60. The molecule has 1 fully saturated rings. The molecule has 2 N–H and O–H groups in total. The summed E-state index contributed by atoms with van der Waals surface area (Å²) in [6, 6.07) is 8.25. The zero-order valence-electron chi connectivity index (χ0n) is 14.2. The summed E-state index contributed by atoms with van der Waals surface area (Å²) in [7, 11) is 0. The van der Waals surface area contributed by atoms with E-state index in [0.29, 0.717) is 23.8 Å². The number of aromatic nitrogens is 2. The van der Waals surface area contributed by atoms with E-state index in [1.807, 2.05) is 0 Å². The van der Waals surface area contributed by atoms with Crippen LogP contribution in [-0.2, 0) is 4.79 Å². The summed E-state index contributed by atoms with van der Waals surface area (Å²) in [5, 5.41) is 11.7. The lowest BCUT2D eigenvalue weighted by Gasteiger charge is -2.33. The van der Waals surface area contributed by atoms with Gasteiger partial charge in [0.1, 0.15) is 5.75 Å². The molecule has 0 aliphatic carbocycles. The smallest absolute Gasteiger partial charge is 0.341 e. The number of carbonyl (C=O) groups excluding carboxylic acids is 1. The highest BCUT2D eigenvalue weighted by molar-refractivity contribution is 5.94. The van der Waals surface area contributed by atoms with Crippen LogP contribution < -0.4 is 15.0 Å². The first-order valence-electron chi connectivity index (χ1n) is 8.39. The maximum atomic E-state index is 12.5. The Morgan fingerprint density at radius 2 is 2.08 bits per heavy atom. The number of hydrogen-bond donors (Lipinski definition) is 2. The molecular weight excluding hydrogens is 336 g/mol. The SMILES string of the molecule is O=C(O)COc1cccc(C(=O)NC2CCCN(c3ncccn3)C2)c1. The van der Waals surface area contributed by atoms with E-state index in [-0.39, 0.29) is 11.9 Å². The summed E-state index contributed by atoms with van der Waals surface area (Å²) < 4.78 is 5.12. The quantitative estimate of drug-likeness (QED) is 0.805. The lowest BCUT2D eigenvalue weighted by molar-refractivity contribution is -0.139. The Bertz CT molecular complexity index is 769. The van der Waals surface area contributed by atoms with Gasteiger partial charge in [0.05, 0.1) is 0 Å². The van der Waals surface area contributed by atoms with Gasteiger partial charge in [-0.15, -0.1) is 0 Å². The minimum absolute atomic E-state index is 0.0105. The van der Waals surface area contributed by atoms with Crippen LogP contribution >= 0.6 is 0 Å². The van der Waals surface area contributed by atoms with Crippen LogP contribution in [-0.4, -0.2) is 52.7 Å². The van der Waals surface area contributed by atoms with Crippen LogP contribution in [0.4, 0.5) is 5.95 Å². The fourth-order valence-electron chi connectivity index (χ4n) is 2.87. The van der Waals surface area contributed by atoms with Gasteiger partial charge in [-0.05, 0) is 37.1 Å². The number of piperidine rings is 1. The van der Waals surface area contributed by atoms with Gasteiger partial charge in [0.2, 0.25) is 5.95 Å². The minimum atomic E-state index is -1.06. The number of carboxylic acid groups (broad SMARTS) is 1. The second-order valence-corrected chi connectivity index (χ2v) is 6.02. The van der Waals surface area contributed by atoms with E-state index in [2.05, 4.69) is 20.2 Å². The summed E-state index contributed by atoms with van der Waals surface area (Å²) >= 11 is 0. The number of amides is 1. The Labute approximate surface area is 150 Å². The molecule has 1 unspecified atom stereocenters. The molecule has 1 atom stereocenters. The molecule has 1 aliphatic rings. The molecular formula is C18H20N4O4. The van der Waals surface area contributed by atoms with Crippen molar-refractivity contribution in [3.8, 4) is 5.75 Å². The van der Waals surface area contributed by atoms with Crippen molar-refractivity contribution in [1.29, 1.82) is 0 Å². The molecule has 26 heavy (non-hydrogen) atoms. The van der Waals surface area contributed by atoms with E-state index < -0.39 is 12.6 Å². The molecule has 0 bridgehead atoms. The third-order valence-corrected chi connectivity index (χ3v) is 4.05. The van der Waals surface area contributed by atoms with Gasteiger partial charge in [0.25, 0.3) is 5.91 Å². The van der Waals surface area contributed by atoms with Gasteiger partial charge < -0.3 is 20.1 Å². The number of nitrogens with zero attached hydrogens (tertiary/aromatic N) is 3. The number of carbonyl (C=O) groups is 2. The number of rotatable bonds is 6. The monoisotopic (exact) mass is 356 g/mol. The summed E-state index contributed by atoms with van der Waals surface area (Å²) in [5.41, 5.74) is 0.431. The topological polar surface area (TPSA) is 105 Å². The number of hydrogen-bond acceptors (Lipinski definition) is 6. The number of aliphatic carboxylic acids is 1. The van der Waals surface area contributed by atoms with Crippen molar-refractivity contribution in [3.63, 3.8) is 0 Å². The fourth-order valence-corrected chi connectivity index (χ4v) is 2.87. The van der Waals surface area contributed by atoms with E-state index in [4.69, 9.17) is 9.84 Å². The van der Waals surface area contributed by atoms with Crippen LogP contribution in [0.25, 0.3) is 0 Å². The first-order valence-corrected chi connectivity index (χ1v) is 8.39. The molecule has 1 aromatic carbocycles. The van der Waals surface area contributed by atoms with E-state index in [0.717, 1.165) is 19.4 Å². The van der Waals surface area contributed by atoms with Gasteiger partial charge >= 0.3 is 5.97 Å². The highest BCUT2D eigenvalue weighted by atomic mass is 16.5. The van der Waals surface area contributed by atoms with Crippen molar-refractivity contribution in [2.45, 2.75) is 18.9 Å². The van der Waals surface area contributed by atoms with Crippen LogP contribution in [0.5, 0.6) is 5.75 Å². The van der Waals surface area contributed by atoms with Crippen LogP contribution in [0, 0.1) is 0 Å². The van der Waals surface area contributed by atoms with Crippen molar-refractivity contribution in [3.05, 3.63) is 48.3 Å². The standard InChI is InChI=1S/C18H20N4O4/c23-16(24)12-26-15-6-1-4-13(10-15)17(25)21-14-5-2-9-22(11-14)18-19-7-3-8-20-18/h1,3-4,6-8,10,14H,2,5,9,11-12H2,(H,21,25)(H,23,24). The molecule has 1 saturated heterocycles. The van der Waals surface area contributed by atoms with E-state index in [1.54, 1.807) is 42.7 Å². The molecule has 3 rings (SSSR count). The van der Waals surface area contributed by atoms with E-state index in [9.17, 15) is 9.59 Å². The second-order valence-electron chi connectivity index (χ2n) is 6.02. The number of carboxylic acids is 1. The molecule has 0 radical (unpaired) electrons. The van der Waals surface area contributed by atoms with Gasteiger partial charge in [0, 0.05) is 37.1 Å². The predicted octanol–water partition coefficient (Wildman–Crippen LogP) is 1.34. The van der Waals surface area contributed by atoms with Crippen LogP contribution in [0.15, 0.2) is 42.7 Å². The first kappa shape index (κ1) is 17.7. The number of ether oxygens (including phenoxy) is 1. The normalized spacial score (nSPS) is 16.8. The van der Waals surface area contributed by atoms with E-state index >= 15 is 0 Å². The number of nitrogens with one attached hydrogen (secondary N) is 1. The summed E-state index contributed by atoms with van der Waals surface area (Å²) in [6.45, 7) is 1.06. The molecule has 0 saturated carbocycles. The highest BCUT2D eigenvalue weighted by Crippen LogP contribution is 2.17. The average molecular weight is 356 g/mol. The summed E-state index contributed by atoms with van der Waals surface area (Å²) in [6.07, 6.45) is 5.22. The number of anilines is 1. The zero-order chi connectivity index (χ0) is 18.4. The van der Waals surface area contributed by atoms with Crippen molar-refractivity contribution in [2.75, 3.05) is 24.6 Å². The Morgan fingerprint density at radius 3 is 2.85 bits per heavy atom. The van der Waals surface area contributed by atoms with Crippen LogP contribution in [0.2, 0.25) is 0 Å². The third-order valence-electron chi connectivity index (χ3n) is 4.05. The van der Waals surface area contributed by atoms with Gasteiger partial charge in [0.15, 0.2) is 6.61 Å². The summed E-state index contributed by atoms with van der Waals surface area (Å²) in [4.78, 5) is 33.7. The van der Waals surface area contributed by atoms with Gasteiger partial charge in [-0.1, -0.05) is 6.07 Å². The Hall–Kier alpha value is -3.16. The van der Waals surface area contributed by atoms with Gasteiger partial charge in [-0.3, -0.25) is 4.79 Å². The van der Waals surface area contributed by atoms with Crippen molar-refractivity contribution in [2.24, 2.45) is 0 Å². The molecule has 1 aromatic heterocycles. The minimum Gasteiger partial charge on any atom is -0.482 e. The third kappa shape index (κ3) is 4.69. The Morgan fingerprint density at radius 1 is 1.27 bits per heavy atom. The van der Waals surface area contributed by atoms with Crippen molar-refractivity contribution >= 4 is 17.8 Å². The van der Waals surface area contributed by atoms with Crippen LogP contribution in [0.1, 0.15) is 23.2 Å². The largest absolute Gasteiger partial charge is 0.482 e. The fraction of sp³-hybridized carbons (Fsp3) is 0.333. The highest BCUT2D eigenvalue weighted by Gasteiger charge is 2.23. The second kappa shape index (κ2) is 8.28. The average Bonchev–Trinajstić information content (AvgIpc) is 2.67. The maximum absolute atomic E-state index is 12.5. The molecule has 1 amide bonds. The first-order chi connectivity index (χ1) is 12.6. The molecule has 0 spiro atoms. The lowest BCUT2D eigenvalue weighted by Crippen LogP contribution is -2.48. The van der Waals surface area contributed by atoms with Crippen LogP contribution in [0.3, 0.4) is 0 Å². The van der Waals surface area contributed by atoms with Crippen molar-refractivity contribution in [1.82, 2.24) is 15.3 Å². The zero-order valence-corrected chi connectivity index (χ0v) is 14.2. The van der Waals surface area contributed by atoms with Gasteiger partial charge in [-0.2, -0.15) is 0 Å². The molecule has 8 nitrogen and oxygen atoms in total. The molecule has 8 heteroatoms. The molecule has 1 aliphatic heterocycles. The molecule has 2 heterocycles. The van der Waals surface area contributed by atoms with Crippen molar-refractivity contribution < 1.29 is 19.4 Å². The molecule has 136 valence electrons. The Kier molecular flexibility index (Phi) is 5.62. The van der Waals surface area contributed by atoms with Gasteiger partial charge in [-0.25, -0.2) is 14.8 Å². The number of benzene rings is 1. The van der Waals surface area contributed by atoms with E-state index in [1.165, 1.54) is 0 Å². The lowest BCUT2D eigenvalue weighted by atomic mass is 10.1. The molecule has 2 aromatic rings. The predicted molar refractivity (Wildman–Crippen MR) is 94.3 cm³/mol.